The Labute approximate surface area is 83.0 Å². The van der Waals surface area contributed by atoms with Crippen LogP contribution in [0.1, 0.15) is 32.6 Å². The minimum absolute atomic E-state index is 0.00687. The Morgan fingerprint density at radius 3 is 2.38 bits per heavy atom. The van der Waals surface area contributed by atoms with Gasteiger partial charge in [-0.05, 0) is 19.3 Å². The summed E-state index contributed by atoms with van der Waals surface area (Å²) in [7, 11) is 0. The number of allylic oxidation sites excluding steroid dienone is 1. The molecule has 0 aromatic rings. The number of halogens is 1. The van der Waals surface area contributed by atoms with E-state index in [-0.39, 0.29) is 12.2 Å². The molecule has 0 radical (unpaired) electrons. The first-order valence-electron chi connectivity index (χ1n) is 4.35. The van der Waals surface area contributed by atoms with Crippen LogP contribution in [-0.4, -0.2) is 22.8 Å². The van der Waals surface area contributed by atoms with Crippen LogP contribution >= 0.6 is 11.6 Å². The van der Waals surface area contributed by atoms with Crippen molar-refractivity contribution in [1.82, 2.24) is 0 Å². The van der Waals surface area contributed by atoms with E-state index >= 15 is 0 Å². The number of aliphatic carboxylic acids is 1. The molecule has 0 bridgehead atoms. The molecule has 0 rings (SSSR count). The summed E-state index contributed by atoms with van der Waals surface area (Å²) in [6.45, 7) is 1.93. The minimum atomic E-state index is -0.980. The molecule has 0 aromatic carbocycles. The first kappa shape index (κ1) is 12.5. The van der Waals surface area contributed by atoms with Gasteiger partial charge < -0.3 is 10.2 Å². The Balaban J connectivity index is 4.37. The Kier molecular flexibility index (Phi) is 6.63. The maximum atomic E-state index is 10.7. The molecule has 0 aliphatic carbocycles. The smallest absolute Gasteiger partial charge is 0.332 e. The lowest BCUT2D eigenvalue weighted by Gasteiger charge is -2.04. The van der Waals surface area contributed by atoms with Gasteiger partial charge in [0.1, 0.15) is 0 Å². The van der Waals surface area contributed by atoms with Gasteiger partial charge in [0, 0.05) is 11.6 Å². The van der Waals surface area contributed by atoms with Crippen molar-refractivity contribution < 1.29 is 15.0 Å². The van der Waals surface area contributed by atoms with E-state index in [1.54, 1.807) is 0 Å². The zero-order valence-electron chi connectivity index (χ0n) is 7.72. The standard InChI is InChI=1S/C9H15ClO3/c1-2-4-8(10)7(9(12)13)5-3-6-11/h11H,2-6H2,1H3,(H,12,13). The highest BCUT2D eigenvalue weighted by Crippen LogP contribution is 2.19. The van der Waals surface area contributed by atoms with Gasteiger partial charge in [-0.1, -0.05) is 24.9 Å². The summed E-state index contributed by atoms with van der Waals surface area (Å²) >= 11 is 5.79. The predicted molar refractivity (Wildman–Crippen MR) is 51.7 cm³/mol. The lowest BCUT2D eigenvalue weighted by molar-refractivity contribution is -0.132. The molecule has 76 valence electrons. The van der Waals surface area contributed by atoms with E-state index in [4.69, 9.17) is 21.8 Å². The monoisotopic (exact) mass is 206 g/mol. The second kappa shape index (κ2) is 6.92. The second-order valence-corrected chi connectivity index (χ2v) is 3.22. The number of carbonyl (C=O) groups is 1. The molecule has 13 heavy (non-hydrogen) atoms. The molecule has 2 N–H and O–H groups in total. The van der Waals surface area contributed by atoms with Crippen LogP contribution in [0.2, 0.25) is 0 Å². The molecule has 0 fully saturated rings. The number of carboxylic acids is 1. The van der Waals surface area contributed by atoms with Gasteiger partial charge in [0.05, 0.1) is 5.57 Å². The average Bonchev–Trinajstić information content (AvgIpc) is 2.05. The third kappa shape index (κ3) is 4.90. The third-order valence-corrected chi connectivity index (χ3v) is 2.06. The van der Waals surface area contributed by atoms with Crippen LogP contribution in [0.25, 0.3) is 0 Å². The molecule has 0 aliphatic rings. The van der Waals surface area contributed by atoms with Crippen LogP contribution in [-0.2, 0) is 4.79 Å². The number of aliphatic hydroxyl groups is 1. The Morgan fingerprint density at radius 1 is 1.38 bits per heavy atom. The third-order valence-electron chi connectivity index (χ3n) is 1.64. The molecule has 0 saturated heterocycles. The van der Waals surface area contributed by atoms with Crippen LogP contribution in [0.3, 0.4) is 0 Å². The fourth-order valence-corrected chi connectivity index (χ4v) is 1.35. The number of hydrogen-bond acceptors (Lipinski definition) is 2. The van der Waals surface area contributed by atoms with Gasteiger partial charge in [-0.15, -0.1) is 0 Å². The van der Waals surface area contributed by atoms with Crippen LogP contribution < -0.4 is 0 Å². The SMILES string of the molecule is CCCC(Cl)=C(CCCO)C(=O)O. The van der Waals surface area contributed by atoms with Gasteiger partial charge in [-0.3, -0.25) is 0 Å². The maximum absolute atomic E-state index is 10.7. The van der Waals surface area contributed by atoms with Gasteiger partial charge in [0.2, 0.25) is 0 Å². The van der Waals surface area contributed by atoms with Gasteiger partial charge >= 0.3 is 5.97 Å². The van der Waals surface area contributed by atoms with Crippen molar-refractivity contribution in [3.05, 3.63) is 10.6 Å². The van der Waals surface area contributed by atoms with E-state index in [0.717, 1.165) is 6.42 Å². The highest BCUT2D eigenvalue weighted by Gasteiger charge is 2.11. The Hall–Kier alpha value is -0.540. The molecular formula is C9H15ClO3. The fourth-order valence-electron chi connectivity index (χ4n) is 0.985. The summed E-state index contributed by atoms with van der Waals surface area (Å²) in [6, 6.07) is 0. The van der Waals surface area contributed by atoms with Crippen molar-refractivity contribution in [2.75, 3.05) is 6.61 Å². The van der Waals surface area contributed by atoms with Crippen LogP contribution in [0, 0.1) is 0 Å². The molecule has 0 aliphatic heterocycles. The fraction of sp³-hybridized carbons (Fsp3) is 0.667. The van der Waals surface area contributed by atoms with Crippen molar-refractivity contribution in [2.24, 2.45) is 0 Å². The van der Waals surface area contributed by atoms with E-state index in [0.29, 0.717) is 24.3 Å². The van der Waals surface area contributed by atoms with Gasteiger partial charge in [-0.2, -0.15) is 0 Å². The molecule has 0 aromatic heterocycles. The van der Waals surface area contributed by atoms with E-state index in [1.165, 1.54) is 0 Å². The summed E-state index contributed by atoms with van der Waals surface area (Å²) < 4.78 is 0. The summed E-state index contributed by atoms with van der Waals surface area (Å²) in [5.41, 5.74) is 0.234. The van der Waals surface area contributed by atoms with Gasteiger partial charge in [0.15, 0.2) is 0 Å². The molecule has 3 nitrogen and oxygen atoms in total. The summed E-state index contributed by atoms with van der Waals surface area (Å²) in [5, 5.41) is 17.7. The van der Waals surface area contributed by atoms with Crippen LogP contribution in [0.5, 0.6) is 0 Å². The highest BCUT2D eigenvalue weighted by molar-refractivity contribution is 6.31. The van der Waals surface area contributed by atoms with E-state index in [2.05, 4.69) is 0 Å². The van der Waals surface area contributed by atoms with Gasteiger partial charge in [0.25, 0.3) is 0 Å². The Bertz CT molecular complexity index is 199. The minimum Gasteiger partial charge on any atom is -0.478 e. The number of aliphatic hydroxyl groups excluding tert-OH is 1. The molecule has 0 atom stereocenters. The van der Waals surface area contributed by atoms with E-state index in [9.17, 15) is 4.79 Å². The maximum Gasteiger partial charge on any atom is 0.332 e. The topological polar surface area (TPSA) is 57.5 Å². The van der Waals surface area contributed by atoms with Crippen LogP contribution in [0.4, 0.5) is 0 Å². The first-order valence-corrected chi connectivity index (χ1v) is 4.73. The first-order chi connectivity index (χ1) is 6.13. The normalized spacial score (nSPS) is 12.5. The molecule has 0 amide bonds. The summed E-state index contributed by atoms with van der Waals surface area (Å²) in [6.07, 6.45) is 2.20. The van der Waals surface area contributed by atoms with E-state index in [1.807, 2.05) is 6.92 Å². The number of carboxylic acid groups (broad SMARTS) is 1. The lowest BCUT2D eigenvalue weighted by atomic mass is 10.1. The average molecular weight is 207 g/mol. The van der Waals surface area contributed by atoms with Crippen molar-refractivity contribution >= 4 is 17.6 Å². The zero-order valence-corrected chi connectivity index (χ0v) is 8.47. The number of rotatable bonds is 6. The lowest BCUT2D eigenvalue weighted by Crippen LogP contribution is -2.03. The number of hydrogen-bond donors (Lipinski definition) is 2. The summed E-state index contributed by atoms with van der Waals surface area (Å²) in [4.78, 5) is 10.7. The largest absolute Gasteiger partial charge is 0.478 e. The van der Waals surface area contributed by atoms with Crippen LogP contribution in [0.15, 0.2) is 10.6 Å². The van der Waals surface area contributed by atoms with Crippen molar-refractivity contribution in [3.63, 3.8) is 0 Å². The molecule has 4 heteroatoms. The molecule has 0 spiro atoms. The second-order valence-electron chi connectivity index (χ2n) is 2.77. The van der Waals surface area contributed by atoms with E-state index < -0.39 is 5.97 Å². The quantitative estimate of drug-likeness (QED) is 0.655. The zero-order chi connectivity index (χ0) is 10.3. The Morgan fingerprint density at radius 2 is 2.00 bits per heavy atom. The van der Waals surface area contributed by atoms with Crippen molar-refractivity contribution in [3.8, 4) is 0 Å². The van der Waals surface area contributed by atoms with Gasteiger partial charge in [-0.25, -0.2) is 4.79 Å². The molecule has 0 unspecified atom stereocenters. The molecule has 0 saturated carbocycles. The highest BCUT2D eigenvalue weighted by atomic mass is 35.5. The van der Waals surface area contributed by atoms with Crippen molar-refractivity contribution in [1.29, 1.82) is 0 Å². The predicted octanol–water partition coefficient (Wildman–Crippen LogP) is 2.14. The summed E-state index contributed by atoms with van der Waals surface area (Å²) in [5.74, 6) is -0.980. The molecular weight excluding hydrogens is 192 g/mol. The van der Waals surface area contributed by atoms with Crippen molar-refractivity contribution in [2.45, 2.75) is 32.6 Å². The molecule has 0 heterocycles.